The van der Waals surface area contributed by atoms with Crippen LogP contribution in [0.1, 0.15) is 0 Å². The number of aryl methyl sites for hydroxylation is 1. The number of imidazole rings is 1. The van der Waals surface area contributed by atoms with Crippen molar-refractivity contribution in [3.63, 3.8) is 0 Å². The van der Waals surface area contributed by atoms with Crippen molar-refractivity contribution >= 4 is 73.2 Å². The largest absolute Gasteiger partial charge is 0.444 e. The summed E-state index contributed by atoms with van der Waals surface area (Å²) in [6.07, 6.45) is 1.99. The van der Waals surface area contributed by atoms with Gasteiger partial charge in [-0.15, -0.1) is 0 Å². The van der Waals surface area contributed by atoms with Crippen molar-refractivity contribution in [3.8, 4) is 39.7 Å². The number of fused-ring (bicyclic) bond motifs is 12. The number of benzene rings is 6. The van der Waals surface area contributed by atoms with Crippen molar-refractivity contribution in [3.05, 3.63) is 134 Å². The van der Waals surface area contributed by atoms with Gasteiger partial charge in [0, 0.05) is 20.4 Å². The minimum atomic E-state index is -2.83. The Balaban J connectivity index is 1.32. The van der Waals surface area contributed by atoms with Gasteiger partial charge in [0.15, 0.2) is 19.3 Å². The summed E-state index contributed by atoms with van der Waals surface area (Å²) < 4.78 is 14.7. The van der Waals surface area contributed by atoms with E-state index in [0.29, 0.717) is 0 Å². The molecule has 0 N–H and O–H groups in total. The molecule has 5 aliphatic heterocycles. The number of quaternary nitrogens is 1. The van der Waals surface area contributed by atoms with E-state index < -0.39 is 8.07 Å². The summed E-state index contributed by atoms with van der Waals surface area (Å²) in [6, 6.07) is 47.6. The molecule has 3 aromatic heterocycles. The molecule has 7 nitrogen and oxygen atoms in total. The molecular formula is C42H25N6OSi+3. The first-order valence-electron chi connectivity index (χ1n) is 17.2. The van der Waals surface area contributed by atoms with E-state index >= 15 is 0 Å². The molecule has 0 aliphatic carbocycles. The van der Waals surface area contributed by atoms with Crippen LogP contribution in [-0.4, -0.2) is 22.3 Å². The maximum atomic E-state index is 7.05. The standard InChI is InChI=1S/C42H25N6OSi/c1-44-29-14-4-5-15-30(29)46-41(44)28-13-8-16-31-39(28)48(46)40-32(49-31)20-21-36-38(40)45-37-26(27-22-23-43-47(48)42(27)45)12-9-19-35(37)50(36)33-17-6-2-10-24(33)25-11-3-7-18-34(25)50/h2-23H,1H3/q+3. The maximum Gasteiger partial charge on any atom is 0.378 e. The number of aromatic nitrogens is 5. The highest BCUT2D eigenvalue weighted by Crippen LogP contribution is 2.60. The van der Waals surface area contributed by atoms with Gasteiger partial charge in [-0.25, -0.2) is 4.57 Å². The maximum absolute atomic E-state index is 7.05. The minimum absolute atomic E-state index is 0.261. The Morgan fingerprint density at radius 3 is 2.22 bits per heavy atom. The van der Waals surface area contributed by atoms with E-state index in [1.54, 1.807) is 0 Å². The highest BCUT2D eigenvalue weighted by molar-refractivity contribution is 7.23. The minimum Gasteiger partial charge on any atom is -0.444 e. The van der Waals surface area contributed by atoms with Crippen LogP contribution in [0.2, 0.25) is 0 Å². The molecule has 0 radical (unpaired) electrons. The average Bonchev–Trinajstić information content (AvgIpc) is 3.86. The van der Waals surface area contributed by atoms with E-state index in [4.69, 9.17) is 9.84 Å². The van der Waals surface area contributed by atoms with Gasteiger partial charge in [-0.05, 0) is 69.1 Å². The highest BCUT2D eigenvalue weighted by Gasteiger charge is 2.72. The fraction of sp³-hybridized carbons (Fsp3) is 0.0238. The molecule has 14 rings (SSSR count). The first kappa shape index (κ1) is 24.7. The first-order valence-corrected chi connectivity index (χ1v) is 19.2. The smallest absolute Gasteiger partial charge is 0.378 e. The summed E-state index contributed by atoms with van der Waals surface area (Å²) >= 11 is 0. The molecule has 0 fully saturated rings. The van der Waals surface area contributed by atoms with Crippen LogP contribution in [0, 0.1) is 0 Å². The molecule has 0 saturated heterocycles. The Bertz CT molecular complexity index is 3130. The third-order valence-electron chi connectivity index (χ3n) is 12.3. The van der Waals surface area contributed by atoms with Gasteiger partial charge in [0.25, 0.3) is 5.69 Å². The number of para-hydroxylation sites is 4. The Morgan fingerprint density at radius 2 is 1.36 bits per heavy atom. The molecule has 1 atom stereocenters. The first-order chi connectivity index (χ1) is 24.8. The molecule has 0 amide bonds. The molecule has 8 heterocycles. The van der Waals surface area contributed by atoms with Crippen molar-refractivity contribution in [2.24, 2.45) is 7.05 Å². The quantitative estimate of drug-likeness (QED) is 0.133. The fourth-order valence-electron chi connectivity index (χ4n) is 10.8. The summed E-state index contributed by atoms with van der Waals surface area (Å²) in [7, 11) is -0.642. The SMILES string of the molecule is Cn1c2[n+](c3ccccc31)[N+]13c4c(cccc4-2)Oc2ccc4c(c21)-n1c2c(cccc2c2ccn[n+]3c21)[Si]41c2ccccc2-c2ccccc21. The normalized spacial score (nSPS) is 18.1. The molecule has 50 heavy (non-hydrogen) atoms. The second kappa shape index (κ2) is 7.60. The Kier molecular flexibility index (Phi) is 3.76. The molecule has 9 aromatic rings. The van der Waals surface area contributed by atoms with E-state index in [9.17, 15) is 0 Å². The summed E-state index contributed by atoms with van der Waals surface area (Å²) in [5.74, 6) is 2.86. The van der Waals surface area contributed by atoms with E-state index in [1.807, 2.05) is 6.20 Å². The van der Waals surface area contributed by atoms with E-state index in [-0.39, 0.29) is 4.70 Å². The second-order valence-corrected chi connectivity index (χ2v) is 17.8. The van der Waals surface area contributed by atoms with Crippen molar-refractivity contribution in [1.29, 1.82) is 0 Å². The Hall–Kier alpha value is -6.35. The topological polar surface area (TPSA) is 39.7 Å². The lowest BCUT2D eigenvalue weighted by Crippen LogP contribution is -2.86. The number of hydrogen-bond acceptors (Lipinski definition) is 2. The van der Waals surface area contributed by atoms with Crippen LogP contribution in [0.5, 0.6) is 11.5 Å². The van der Waals surface area contributed by atoms with Crippen LogP contribution in [0.3, 0.4) is 0 Å². The van der Waals surface area contributed by atoms with E-state index in [0.717, 1.165) is 45.4 Å². The van der Waals surface area contributed by atoms with Crippen LogP contribution in [-0.2, 0) is 7.05 Å². The van der Waals surface area contributed by atoms with Crippen molar-refractivity contribution < 1.29 is 14.2 Å². The van der Waals surface area contributed by atoms with E-state index in [1.165, 1.54) is 59.4 Å². The van der Waals surface area contributed by atoms with Gasteiger partial charge in [-0.3, -0.25) is 0 Å². The lowest BCUT2D eigenvalue weighted by molar-refractivity contribution is -1.04. The van der Waals surface area contributed by atoms with Gasteiger partial charge < -0.3 is 4.74 Å². The van der Waals surface area contributed by atoms with Crippen molar-refractivity contribution in [1.82, 2.24) is 18.9 Å². The zero-order valence-electron chi connectivity index (χ0n) is 26.8. The zero-order chi connectivity index (χ0) is 32.2. The fourth-order valence-corrected chi connectivity index (χ4v) is 16.3. The molecule has 6 aromatic carbocycles. The van der Waals surface area contributed by atoms with Gasteiger partial charge in [0.1, 0.15) is 15.8 Å². The van der Waals surface area contributed by atoms with Crippen LogP contribution >= 0.6 is 0 Å². The van der Waals surface area contributed by atoms with Crippen molar-refractivity contribution in [2.45, 2.75) is 0 Å². The lowest BCUT2D eigenvalue weighted by atomic mass is 10.1. The Labute approximate surface area is 285 Å². The summed E-state index contributed by atoms with van der Waals surface area (Å²) in [6.45, 7) is 0. The van der Waals surface area contributed by atoms with Crippen molar-refractivity contribution in [2.75, 3.05) is 0 Å². The number of rotatable bonds is 0. The van der Waals surface area contributed by atoms with Crippen LogP contribution in [0.15, 0.2) is 134 Å². The number of ether oxygens (including phenoxy) is 1. The molecule has 8 heteroatoms. The van der Waals surface area contributed by atoms with Crippen LogP contribution in [0.4, 0.5) is 11.4 Å². The third-order valence-corrected chi connectivity index (χ3v) is 17.3. The summed E-state index contributed by atoms with van der Waals surface area (Å²) in [5, 5.41) is 13.6. The molecule has 230 valence electrons. The zero-order valence-corrected chi connectivity index (χ0v) is 27.8. The predicted molar refractivity (Wildman–Crippen MR) is 196 cm³/mol. The van der Waals surface area contributed by atoms with Gasteiger partial charge in [-0.1, -0.05) is 84.9 Å². The molecule has 0 saturated carbocycles. The number of nitrogens with zero attached hydrogens (tertiary/aromatic N) is 6. The second-order valence-electron chi connectivity index (χ2n) is 14.2. The molecule has 0 bridgehead atoms. The molecule has 5 aliphatic rings. The summed E-state index contributed by atoms with van der Waals surface area (Å²) in [5.41, 5.74) is 12.0. The van der Waals surface area contributed by atoms with Gasteiger partial charge in [0.2, 0.25) is 17.0 Å². The monoisotopic (exact) mass is 657 g/mol. The third kappa shape index (κ3) is 2.18. The lowest BCUT2D eigenvalue weighted by Gasteiger charge is -2.39. The molecule has 2 spiro atoms. The van der Waals surface area contributed by atoms with Crippen LogP contribution in [0.25, 0.3) is 61.2 Å². The summed E-state index contributed by atoms with van der Waals surface area (Å²) in [4.78, 5) is 2.28. The number of hydrogen-bond donors (Lipinski definition) is 0. The van der Waals surface area contributed by atoms with Gasteiger partial charge in [0.05, 0.1) is 23.4 Å². The predicted octanol–water partition coefficient (Wildman–Crippen LogP) is 4.88. The Morgan fingerprint density at radius 1 is 0.640 bits per heavy atom. The van der Waals surface area contributed by atoms with Gasteiger partial charge in [-0.2, -0.15) is 4.57 Å². The average molecular weight is 658 g/mol. The molecule has 1 unspecified atom stereocenters. The highest BCUT2D eigenvalue weighted by atomic mass is 28.3. The molecular weight excluding hydrogens is 633 g/mol. The van der Waals surface area contributed by atoms with E-state index in [2.05, 4.69) is 153 Å². The van der Waals surface area contributed by atoms with Gasteiger partial charge >= 0.3 is 17.2 Å². The van der Waals surface area contributed by atoms with Crippen LogP contribution < -0.4 is 39.7 Å².